The number of likely N-dealkylation sites (tertiary alicyclic amines) is 1. The van der Waals surface area contributed by atoms with E-state index in [4.69, 9.17) is 0 Å². The number of carbonyl (C=O) groups excluding carboxylic acids is 3. The van der Waals surface area contributed by atoms with E-state index in [9.17, 15) is 19.5 Å². The van der Waals surface area contributed by atoms with Crippen molar-refractivity contribution in [3.8, 4) is 0 Å². The Morgan fingerprint density at radius 1 is 0.972 bits per heavy atom. The number of aliphatic hydroxyl groups excluding tert-OH is 1. The lowest BCUT2D eigenvalue weighted by atomic mass is 9.66. The highest BCUT2D eigenvalue weighted by molar-refractivity contribution is 8.02. The molecular weight excluding hydrogens is 474 g/mol. The number of hydrogen-bond donors (Lipinski definition) is 3. The summed E-state index contributed by atoms with van der Waals surface area (Å²) < 4.78 is -1.04. The molecule has 7 nitrogen and oxygen atoms in total. The molecule has 3 saturated heterocycles. The Labute approximate surface area is 216 Å². The standard InChI is InChI=1S/C28H33N3O4S/c1-27-13-14-28(36-27)22(21(27)24(33)29-17-19-9-4-2-5-10-19)26(35)31(15-8-16-32)23(28)25(34)30-18-20-11-6-3-7-12-20/h2-7,9-12,21-23,32H,8,13-18H2,1H3,(H,29,33)(H,30,34)/t21-,22+,23?,27+,28?/m1/s1. The van der Waals surface area contributed by atoms with Gasteiger partial charge in [0.05, 0.1) is 16.6 Å². The van der Waals surface area contributed by atoms with Crippen LogP contribution in [0.3, 0.4) is 0 Å². The number of nitrogens with zero attached hydrogens (tertiary/aromatic N) is 1. The third-order valence-corrected chi connectivity index (χ3v) is 9.97. The van der Waals surface area contributed by atoms with Crippen LogP contribution in [0.5, 0.6) is 0 Å². The number of fused-ring (bicyclic) bond motifs is 1. The smallest absolute Gasteiger partial charge is 0.244 e. The van der Waals surface area contributed by atoms with E-state index >= 15 is 0 Å². The van der Waals surface area contributed by atoms with Gasteiger partial charge < -0.3 is 20.6 Å². The molecule has 1 spiro atoms. The number of thioether (sulfide) groups is 1. The van der Waals surface area contributed by atoms with Gasteiger partial charge in [-0.2, -0.15) is 0 Å². The lowest BCUT2D eigenvalue weighted by molar-refractivity contribution is -0.140. The summed E-state index contributed by atoms with van der Waals surface area (Å²) in [7, 11) is 0. The molecular formula is C28H33N3O4S. The average molecular weight is 508 g/mol. The summed E-state index contributed by atoms with van der Waals surface area (Å²) in [5, 5.41) is 15.6. The highest BCUT2D eigenvalue weighted by atomic mass is 32.2. The van der Waals surface area contributed by atoms with Crippen LogP contribution in [0.2, 0.25) is 0 Å². The van der Waals surface area contributed by atoms with Crippen LogP contribution in [0, 0.1) is 11.8 Å². The summed E-state index contributed by atoms with van der Waals surface area (Å²) in [6.45, 7) is 3.09. The van der Waals surface area contributed by atoms with Crippen LogP contribution in [-0.2, 0) is 27.5 Å². The van der Waals surface area contributed by atoms with Gasteiger partial charge in [-0.1, -0.05) is 60.7 Å². The summed E-state index contributed by atoms with van der Waals surface area (Å²) in [5.41, 5.74) is 1.99. The molecule has 190 valence electrons. The van der Waals surface area contributed by atoms with Crippen LogP contribution in [-0.4, -0.2) is 56.4 Å². The first kappa shape index (κ1) is 24.8. The fourth-order valence-corrected chi connectivity index (χ4v) is 8.74. The molecule has 3 N–H and O–H groups in total. The summed E-state index contributed by atoms with van der Waals surface area (Å²) in [4.78, 5) is 42.7. The Morgan fingerprint density at radius 2 is 1.56 bits per heavy atom. The van der Waals surface area contributed by atoms with Crippen molar-refractivity contribution < 1.29 is 19.5 Å². The molecule has 5 rings (SSSR count). The molecule has 3 aliphatic rings. The molecule has 0 saturated carbocycles. The van der Waals surface area contributed by atoms with Gasteiger partial charge >= 0.3 is 0 Å². The van der Waals surface area contributed by atoms with E-state index in [1.165, 1.54) is 0 Å². The summed E-state index contributed by atoms with van der Waals surface area (Å²) in [6, 6.07) is 18.8. The molecule has 2 bridgehead atoms. The monoisotopic (exact) mass is 507 g/mol. The number of aliphatic hydroxyl groups is 1. The summed E-state index contributed by atoms with van der Waals surface area (Å²) in [6.07, 6.45) is 1.89. The van der Waals surface area contributed by atoms with Gasteiger partial charge in [0.25, 0.3) is 0 Å². The Kier molecular flexibility index (Phi) is 6.83. The van der Waals surface area contributed by atoms with Crippen molar-refractivity contribution in [2.45, 2.75) is 54.8 Å². The van der Waals surface area contributed by atoms with E-state index < -0.39 is 27.4 Å². The van der Waals surface area contributed by atoms with Gasteiger partial charge in [-0.15, -0.1) is 11.8 Å². The Morgan fingerprint density at radius 3 is 2.14 bits per heavy atom. The third-order valence-electron chi connectivity index (χ3n) is 7.98. The van der Waals surface area contributed by atoms with Gasteiger partial charge in [-0.25, -0.2) is 0 Å². The van der Waals surface area contributed by atoms with Gasteiger partial charge in [0.2, 0.25) is 17.7 Å². The number of nitrogens with one attached hydrogen (secondary N) is 2. The molecule has 3 aliphatic heterocycles. The van der Waals surface area contributed by atoms with Gasteiger partial charge in [-0.3, -0.25) is 14.4 Å². The van der Waals surface area contributed by atoms with E-state index in [0.29, 0.717) is 32.5 Å². The van der Waals surface area contributed by atoms with Gasteiger partial charge in [0.1, 0.15) is 6.04 Å². The molecule has 2 unspecified atom stereocenters. The van der Waals surface area contributed by atoms with Crippen molar-refractivity contribution in [2.75, 3.05) is 13.2 Å². The number of carbonyl (C=O) groups is 3. The first-order valence-corrected chi connectivity index (χ1v) is 13.5. The Balaban J connectivity index is 1.40. The number of rotatable bonds is 9. The maximum Gasteiger partial charge on any atom is 0.244 e. The maximum atomic E-state index is 13.9. The maximum absolute atomic E-state index is 13.9. The molecule has 3 heterocycles. The SMILES string of the molecule is C[C@@]12CCC3(S1)C(C(=O)NCc1ccccc1)N(CCCO)C(=O)[C@@H]3[C@@H]2C(=O)NCc1ccccc1. The Bertz CT molecular complexity index is 1130. The lowest BCUT2D eigenvalue weighted by Gasteiger charge is -2.34. The van der Waals surface area contributed by atoms with Crippen LogP contribution < -0.4 is 10.6 Å². The van der Waals surface area contributed by atoms with Crippen molar-refractivity contribution in [3.05, 3.63) is 71.8 Å². The van der Waals surface area contributed by atoms with Gasteiger partial charge in [-0.05, 0) is 37.3 Å². The minimum absolute atomic E-state index is 0.0638. The highest BCUT2D eigenvalue weighted by Gasteiger charge is 2.76. The van der Waals surface area contributed by atoms with Crippen LogP contribution in [0.1, 0.15) is 37.3 Å². The van der Waals surface area contributed by atoms with E-state index in [0.717, 1.165) is 17.5 Å². The minimum atomic E-state index is -0.663. The minimum Gasteiger partial charge on any atom is -0.396 e. The average Bonchev–Trinajstić information content (AvgIpc) is 3.46. The second-order valence-electron chi connectivity index (χ2n) is 10.2. The summed E-state index contributed by atoms with van der Waals surface area (Å²) in [5.74, 6) is -1.51. The van der Waals surface area contributed by atoms with Crippen LogP contribution >= 0.6 is 11.8 Å². The van der Waals surface area contributed by atoms with Crippen molar-refractivity contribution in [2.24, 2.45) is 11.8 Å². The second-order valence-corrected chi connectivity index (χ2v) is 12.1. The molecule has 36 heavy (non-hydrogen) atoms. The zero-order chi connectivity index (χ0) is 25.3. The fourth-order valence-electron chi connectivity index (χ4n) is 6.39. The molecule has 2 aromatic carbocycles. The van der Waals surface area contributed by atoms with Crippen molar-refractivity contribution in [3.63, 3.8) is 0 Å². The zero-order valence-corrected chi connectivity index (χ0v) is 21.3. The molecule has 3 fully saturated rings. The van der Waals surface area contributed by atoms with E-state index in [-0.39, 0.29) is 24.3 Å². The van der Waals surface area contributed by atoms with Crippen molar-refractivity contribution >= 4 is 29.5 Å². The topological polar surface area (TPSA) is 98.7 Å². The molecule has 5 atom stereocenters. The summed E-state index contributed by atoms with van der Waals surface area (Å²) >= 11 is 1.66. The van der Waals surface area contributed by atoms with Crippen molar-refractivity contribution in [1.29, 1.82) is 0 Å². The van der Waals surface area contributed by atoms with Crippen LogP contribution in [0.15, 0.2) is 60.7 Å². The quantitative estimate of drug-likeness (QED) is 0.485. The van der Waals surface area contributed by atoms with Gasteiger partial charge in [0.15, 0.2) is 0 Å². The predicted octanol–water partition coefficient (Wildman–Crippen LogP) is 2.48. The number of amides is 3. The van der Waals surface area contributed by atoms with E-state index in [1.807, 2.05) is 60.7 Å². The highest BCUT2D eigenvalue weighted by Crippen LogP contribution is 2.71. The normalized spacial score (nSPS) is 30.3. The third kappa shape index (κ3) is 4.20. The largest absolute Gasteiger partial charge is 0.396 e. The first-order valence-electron chi connectivity index (χ1n) is 12.6. The molecule has 0 aromatic heterocycles. The van der Waals surface area contributed by atoms with Crippen LogP contribution in [0.4, 0.5) is 0 Å². The lowest BCUT2D eigenvalue weighted by Crippen LogP contribution is -2.53. The molecule has 0 radical (unpaired) electrons. The second kappa shape index (κ2) is 9.90. The number of hydrogen-bond acceptors (Lipinski definition) is 5. The molecule has 8 heteroatoms. The van der Waals surface area contributed by atoms with Crippen molar-refractivity contribution in [1.82, 2.24) is 15.5 Å². The predicted molar refractivity (Wildman–Crippen MR) is 139 cm³/mol. The van der Waals surface area contributed by atoms with E-state index in [1.54, 1.807) is 16.7 Å². The van der Waals surface area contributed by atoms with Crippen LogP contribution in [0.25, 0.3) is 0 Å². The zero-order valence-electron chi connectivity index (χ0n) is 20.5. The Hall–Kier alpha value is -2.84. The van der Waals surface area contributed by atoms with E-state index in [2.05, 4.69) is 17.6 Å². The first-order chi connectivity index (χ1) is 17.4. The van der Waals surface area contributed by atoms with Gasteiger partial charge in [0, 0.05) is 31.0 Å². The molecule has 3 amide bonds. The molecule has 0 aliphatic carbocycles. The fraction of sp³-hybridized carbons (Fsp3) is 0.464. The number of benzene rings is 2. The molecule has 2 aromatic rings.